The fourth-order valence-electron chi connectivity index (χ4n) is 1.47. The van der Waals surface area contributed by atoms with Crippen LogP contribution in [0.5, 0.6) is 0 Å². The third-order valence-corrected chi connectivity index (χ3v) is 6.88. The van der Waals surface area contributed by atoms with Gasteiger partial charge in [-0.1, -0.05) is 0 Å². The minimum Gasteiger partial charge on any atom is -0.379 e. The molecule has 0 bridgehead atoms. The van der Waals surface area contributed by atoms with Gasteiger partial charge in [-0.15, -0.1) is 11.3 Å². The van der Waals surface area contributed by atoms with Crippen molar-refractivity contribution in [1.29, 1.82) is 0 Å². The van der Waals surface area contributed by atoms with E-state index >= 15 is 0 Å². The zero-order valence-electron chi connectivity index (χ0n) is 8.77. The van der Waals surface area contributed by atoms with E-state index in [0.717, 1.165) is 9.35 Å². The molecule has 1 fully saturated rings. The van der Waals surface area contributed by atoms with Gasteiger partial charge in [0.15, 0.2) is 0 Å². The number of hydrogen-bond donors (Lipinski definition) is 0. The lowest BCUT2D eigenvalue weighted by atomic mass is 10.4. The molecule has 0 N–H and O–H groups in total. The Morgan fingerprint density at radius 3 is 2.56 bits per heavy atom. The monoisotopic (exact) mass is 325 g/mol. The topological polar surface area (TPSA) is 46.6 Å². The second kappa shape index (κ2) is 4.73. The van der Waals surface area contributed by atoms with E-state index in [0.29, 0.717) is 30.5 Å². The molecule has 1 aromatic rings. The van der Waals surface area contributed by atoms with E-state index in [9.17, 15) is 8.42 Å². The average molecular weight is 326 g/mol. The molecule has 0 aliphatic carbocycles. The van der Waals surface area contributed by atoms with Gasteiger partial charge < -0.3 is 4.74 Å². The van der Waals surface area contributed by atoms with Crippen LogP contribution in [-0.4, -0.2) is 39.0 Å². The molecular weight excluding hydrogens is 314 g/mol. The highest BCUT2D eigenvalue weighted by atomic mass is 79.9. The first-order valence-corrected chi connectivity index (χ1v) is 7.90. The van der Waals surface area contributed by atoms with Gasteiger partial charge in [0.05, 0.1) is 17.0 Å². The first kappa shape index (κ1) is 12.5. The van der Waals surface area contributed by atoms with Gasteiger partial charge in [0.2, 0.25) is 0 Å². The van der Waals surface area contributed by atoms with Crippen LogP contribution >= 0.6 is 27.3 Å². The largest absolute Gasteiger partial charge is 0.379 e. The smallest absolute Gasteiger partial charge is 0.252 e. The van der Waals surface area contributed by atoms with Gasteiger partial charge >= 0.3 is 0 Å². The maximum atomic E-state index is 12.2. The first-order chi connectivity index (χ1) is 7.51. The van der Waals surface area contributed by atoms with Crippen molar-refractivity contribution in [2.45, 2.75) is 11.1 Å². The number of halogens is 1. The second-order valence-electron chi connectivity index (χ2n) is 3.54. The molecule has 0 aromatic carbocycles. The van der Waals surface area contributed by atoms with Crippen LogP contribution in [0.25, 0.3) is 0 Å². The molecule has 1 saturated heterocycles. The SMILES string of the molecule is Cc1cc(S(=O)(=O)N2CCOCC2)sc1Br. The van der Waals surface area contributed by atoms with Crippen molar-refractivity contribution in [3.05, 3.63) is 15.4 Å². The summed E-state index contributed by atoms with van der Waals surface area (Å²) in [7, 11) is -3.32. The number of morpholine rings is 1. The van der Waals surface area contributed by atoms with Gasteiger partial charge in [-0.05, 0) is 34.5 Å². The molecule has 1 aromatic heterocycles. The third kappa shape index (κ3) is 2.33. The van der Waals surface area contributed by atoms with Crippen molar-refractivity contribution < 1.29 is 13.2 Å². The van der Waals surface area contributed by atoms with Crippen LogP contribution in [-0.2, 0) is 14.8 Å². The molecule has 0 amide bonds. The van der Waals surface area contributed by atoms with Crippen molar-refractivity contribution in [3.63, 3.8) is 0 Å². The van der Waals surface area contributed by atoms with Crippen LogP contribution in [0, 0.1) is 6.92 Å². The Labute approximate surface area is 107 Å². The average Bonchev–Trinajstić information content (AvgIpc) is 2.61. The van der Waals surface area contributed by atoms with Crippen LogP contribution in [0.15, 0.2) is 14.1 Å². The molecule has 0 spiro atoms. The molecule has 1 aliphatic heterocycles. The molecular formula is C9H12BrNO3S2. The summed E-state index contributed by atoms with van der Waals surface area (Å²) in [5.41, 5.74) is 0.955. The Morgan fingerprint density at radius 2 is 2.06 bits per heavy atom. The minimum absolute atomic E-state index is 0.402. The highest BCUT2D eigenvalue weighted by Crippen LogP contribution is 2.32. The number of ether oxygens (including phenoxy) is 1. The van der Waals surface area contributed by atoms with Gasteiger partial charge in [-0.25, -0.2) is 8.42 Å². The Morgan fingerprint density at radius 1 is 1.44 bits per heavy atom. The van der Waals surface area contributed by atoms with Crippen molar-refractivity contribution >= 4 is 37.3 Å². The van der Waals surface area contributed by atoms with Gasteiger partial charge in [-0.2, -0.15) is 4.31 Å². The van der Waals surface area contributed by atoms with Crippen molar-refractivity contribution in [2.24, 2.45) is 0 Å². The fourth-order valence-corrected chi connectivity index (χ4v) is 5.26. The number of sulfonamides is 1. The highest BCUT2D eigenvalue weighted by Gasteiger charge is 2.28. The predicted molar refractivity (Wildman–Crippen MR) is 66.3 cm³/mol. The molecule has 90 valence electrons. The van der Waals surface area contributed by atoms with E-state index in [1.54, 1.807) is 6.07 Å². The summed E-state index contributed by atoms with van der Waals surface area (Å²) < 4.78 is 32.3. The van der Waals surface area contributed by atoms with Crippen molar-refractivity contribution in [2.75, 3.05) is 26.3 Å². The van der Waals surface area contributed by atoms with E-state index in [1.165, 1.54) is 15.6 Å². The molecule has 4 nitrogen and oxygen atoms in total. The molecule has 1 aliphatic rings. The lowest BCUT2D eigenvalue weighted by Crippen LogP contribution is -2.40. The number of hydrogen-bond acceptors (Lipinski definition) is 4. The maximum Gasteiger partial charge on any atom is 0.252 e. The standard InChI is InChI=1S/C9H12BrNO3S2/c1-7-6-8(15-9(7)10)16(12,13)11-2-4-14-5-3-11/h6H,2-5H2,1H3. The van der Waals surface area contributed by atoms with Crippen molar-refractivity contribution in [1.82, 2.24) is 4.31 Å². The Hall–Kier alpha value is 0.0500. The van der Waals surface area contributed by atoms with Crippen LogP contribution in [0.1, 0.15) is 5.56 Å². The zero-order valence-corrected chi connectivity index (χ0v) is 12.0. The zero-order chi connectivity index (χ0) is 11.8. The van der Waals surface area contributed by atoms with Gasteiger partial charge in [0.25, 0.3) is 10.0 Å². The van der Waals surface area contributed by atoms with Crippen LogP contribution in [0.3, 0.4) is 0 Å². The van der Waals surface area contributed by atoms with Gasteiger partial charge in [0, 0.05) is 13.1 Å². The van der Waals surface area contributed by atoms with Crippen molar-refractivity contribution in [3.8, 4) is 0 Å². The summed E-state index contributed by atoms with van der Waals surface area (Å²) in [6.45, 7) is 3.72. The predicted octanol–water partition coefficient (Wildman–Crippen LogP) is 1.84. The van der Waals surface area contributed by atoms with E-state index in [4.69, 9.17) is 4.74 Å². The van der Waals surface area contributed by atoms with E-state index in [2.05, 4.69) is 15.9 Å². The summed E-state index contributed by atoms with van der Waals surface area (Å²) in [4.78, 5) is 0. The summed E-state index contributed by atoms with van der Waals surface area (Å²) in [6, 6.07) is 1.71. The minimum atomic E-state index is -3.32. The van der Waals surface area contributed by atoms with E-state index in [1.807, 2.05) is 6.92 Å². The van der Waals surface area contributed by atoms with Crippen LogP contribution in [0.2, 0.25) is 0 Å². The number of aryl methyl sites for hydroxylation is 1. The Balaban J connectivity index is 2.30. The lowest BCUT2D eigenvalue weighted by molar-refractivity contribution is 0.0731. The van der Waals surface area contributed by atoms with E-state index in [-0.39, 0.29) is 0 Å². The summed E-state index contributed by atoms with van der Waals surface area (Å²) in [6.07, 6.45) is 0. The first-order valence-electron chi connectivity index (χ1n) is 4.85. The summed E-state index contributed by atoms with van der Waals surface area (Å²) in [5.74, 6) is 0. The Kier molecular flexibility index (Phi) is 3.70. The molecule has 2 heterocycles. The second-order valence-corrected chi connectivity index (χ2v) is 8.07. The molecule has 0 unspecified atom stereocenters. The highest BCUT2D eigenvalue weighted by molar-refractivity contribution is 9.11. The normalized spacial score (nSPS) is 18.9. The van der Waals surface area contributed by atoms with Crippen LogP contribution < -0.4 is 0 Å². The summed E-state index contributed by atoms with van der Waals surface area (Å²) in [5, 5.41) is 0. The molecule has 7 heteroatoms. The fraction of sp³-hybridized carbons (Fsp3) is 0.556. The third-order valence-electron chi connectivity index (χ3n) is 2.40. The van der Waals surface area contributed by atoms with Crippen LogP contribution in [0.4, 0.5) is 0 Å². The number of nitrogens with zero attached hydrogens (tertiary/aromatic N) is 1. The number of thiophene rings is 1. The quantitative estimate of drug-likeness (QED) is 0.833. The molecule has 0 radical (unpaired) electrons. The molecule has 2 rings (SSSR count). The molecule has 16 heavy (non-hydrogen) atoms. The van der Waals surface area contributed by atoms with E-state index < -0.39 is 10.0 Å². The van der Waals surface area contributed by atoms with Gasteiger partial charge in [0.1, 0.15) is 4.21 Å². The molecule has 0 saturated carbocycles. The molecule has 0 atom stereocenters. The Bertz CT molecular complexity index is 457. The summed E-state index contributed by atoms with van der Waals surface area (Å²) >= 11 is 4.60. The number of rotatable bonds is 2. The maximum absolute atomic E-state index is 12.2. The lowest BCUT2D eigenvalue weighted by Gasteiger charge is -2.25. The van der Waals surface area contributed by atoms with Gasteiger partial charge in [-0.3, -0.25) is 0 Å².